The predicted octanol–water partition coefficient (Wildman–Crippen LogP) is 3.88. The molecule has 0 radical (unpaired) electrons. The van der Waals surface area contributed by atoms with Crippen molar-refractivity contribution in [2.75, 3.05) is 13.1 Å². The Labute approximate surface area is 184 Å². The third-order valence-electron chi connectivity index (χ3n) is 6.59. The summed E-state index contributed by atoms with van der Waals surface area (Å²) in [6, 6.07) is 8.61. The number of nitrogens with one attached hydrogen (secondary N) is 2. The van der Waals surface area contributed by atoms with Gasteiger partial charge in [-0.25, -0.2) is 0 Å². The molecular weight excluding hydrogens is 390 g/mol. The Morgan fingerprint density at radius 1 is 1.13 bits per heavy atom. The zero-order valence-electron chi connectivity index (χ0n) is 19.2. The number of carbonyl (C=O) groups excluding carboxylic acids is 2. The Hall–Kier alpha value is -2.34. The summed E-state index contributed by atoms with van der Waals surface area (Å²) >= 11 is 0. The molecule has 4 rings (SSSR count). The van der Waals surface area contributed by atoms with Crippen LogP contribution in [-0.2, 0) is 11.2 Å². The SMILES string of the molecule is CCc1oc2ccccc2c1C(=O)NCC1CC2CCC(C1)N2CC(=O)NC(C)(C)C. The van der Waals surface area contributed by atoms with Crippen LogP contribution < -0.4 is 10.6 Å². The Morgan fingerprint density at radius 3 is 2.45 bits per heavy atom. The molecule has 2 amide bonds. The summed E-state index contributed by atoms with van der Waals surface area (Å²) in [6.45, 7) is 9.21. The lowest BCUT2D eigenvalue weighted by atomic mass is 9.90. The van der Waals surface area contributed by atoms with Crippen LogP contribution in [0, 0.1) is 5.92 Å². The van der Waals surface area contributed by atoms with Crippen molar-refractivity contribution >= 4 is 22.8 Å². The molecule has 6 nitrogen and oxygen atoms in total. The van der Waals surface area contributed by atoms with Gasteiger partial charge in [0.1, 0.15) is 11.3 Å². The topological polar surface area (TPSA) is 74.6 Å². The smallest absolute Gasteiger partial charge is 0.255 e. The highest BCUT2D eigenvalue weighted by atomic mass is 16.3. The van der Waals surface area contributed by atoms with Crippen LogP contribution in [0.3, 0.4) is 0 Å². The van der Waals surface area contributed by atoms with E-state index in [9.17, 15) is 9.59 Å². The summed E-state index contributed by atoms with van der Waals surface area (Å²) in [4.78, 5) is 27.8. The van der Waals surface area contributed by atoms with Gasteiger partial charge in [0, 0.05) is 36.0 Å². The van der Waals surface area contributed by atoms with E-state index in [4.69, 9.17) is 4.42 Å². The van der Waals surface area contributed by atoms with E-state index < -0.39 is 0 Å². The number of nitrogens with zero attached hydrogens (tertiary/aromatic N) is 1. The Morgan fingerprint density at radius 2 is 1.81 bits per heavy atom. The van der Waals surface area contributed by atoms with E-state index in [0.29, 0.717) is 43.1 Å². The minimum absolute atomic E-state index is 0.0406. The predicted molar refractivity (Wildman–Crippen MR) is 122 cm³/mol. The zero-order valence-corrected chi connectivity index (χ0v) is 19.2. The molecule has 1 aromatic carbocycles. The number of hydrogen-bond acceptors (Lipinski definition) is 4. The first-order valence-corrected chi connectivity index (χ1v) is 11.6. The van der Waals surface area contributed by atoms with Crippen LogP contribution in [0.4, 0.5) is 0 Å². The van der Waals surface area contributed by atoms with Gasteiger partial charge in [-0.2, -0.15) is 0 Å². The van der Waals surface area contributed by atoms with Gasteiger partial charge < -0.3 is 15.1 Å². The molecule has 1 aromatic heterocycles. The number of furan rings is 1. The van der Waals surface area contributed by atoms with Crippen LogP contribution in [0.2, 0.25) is 0 Å². The molecule has 3 heterocycles. The second kappa shape index (κ2) is 8.65. The summed E-state index contributed by atoms with van der Waals surface area (Å²) < 4.78 is 5.89. The second-order valence-corrected chi connectivity index (χ2v) is 10.2. The third-order valence-corrected chi connectivity index (χ3v) is 6.59. The Balaban J connectivity index is 1.35. The van der Waals surface area contributed by atoms with Crippen molar-refractivity contribution in [3.05, 3.63) is 35.6 Å². The molecule has 31 heavy (non-hydrogen) atoms. The van der Waals surface area contributed by atoms with Gasteiger partial charge in [-0.05, 0) is 58.4 Å². The second-order valence-electron chi connectivity index (χ2n) is 10.2. The summed E-state index contributed by atoms with van der Waals surface area (Å²) in [5.41, 5.74) is 1.25. The van der Waals surface area contributed by atoms with Crippen molar-refractivity contribution in [1.82, 2.24) is 15.5 Å². The number of fused-ring (bicyclic) bond motifs is 3. The van der Waals surface area contributed by atoms with Gasteiger partial charge in [0.05, 0.1) is 12.1 Å². The number of hydrogen-bond donors (Lipinski definition) is 2. The molecule has 2 aliphatic rings. The van der Waals surface area contributed by atoms with E-state index in [0.717, 1.165) is 42.4 Å². The molecule has 2 aliphatic heterocycles. The highest BCUT2D eigenvalue weighted by Crippen LogP contribution is 2.38. The molecule has 2 N–H and O–H groups in total. The molecule has 0 spiro atoms. The van der Waals surface area contributed by atoms with E-state index >= 15 is 0 Å². The number of rotatable bonds is 6. The fourth-order valence-electron chi connectivity index (χ4n) is 5.35. The van der Waals surface area contributed by atoms with Crippen LogP contribution in [0.1, 0.15) is 69.5 Å². The van der Waals surface area contributed by atoms with Crippen molar-refractivity contribution in [2.24, 2.45) is 5.92 Å². The highest BCUT2D eigenvalue weighted by Gasteiger charge is 2.41. The number of carbonyl (C=O) groups is 2. The van der Waals surface area contributed by atoms with Crippen LogP contribution in [0.5, 0.6) is 0 Å². The quantitative estimate of drug-likeness (QED) is 0.737. The van der Waals surface area contributed by atoms with Gasteiger partial charge in [-0.1, -0.05) is 25.1 Å². The number of piperidine rings is 1. The first kappa shape index (κ1) is 21.9. The lowest BCUT2D eigenvalue weighted by Gasteiger charge is -2.39. The monoisotopic (exact) mass is 425 g/mol. The van der Waals surface area contributed by atoms with Crippen LogP contribution in [-0.4, -0.2) is 47.4 Å². The molecule has 6 heteroatoms. The first-order chi connectivity index (χ1) is 14.7. The minimum atomic E-state index is -0.201. The average Bonchev–Trinajstić information content (AvgIpc) is 3.18. The van der Waals surface area contributed by atoms with Gasteiger partial charge in [0.15, 0.2) is 0 Å². The van der Waals surface area contributed by atoms with Crippen molar-refractivity contribution < 1.29 is 14.0 Å². The van der Waals surface area contributed by atoms with Crippen molar-refractivity contribution in [1.29, 1.82) is 0 Å². The fraction of sp³-hybridized carbons (Fsp3) is 0.600. The fourth-order valence-corrected chi connectivity index (χ4v) is 5.35. The van der Waals surface area contributed by atoms with Crippen LogP contribution in [0.15, 0.2) is 28.7 Å². The zero-order chi connectivity index (χ0) is 22.2. The van der Waals surface area contributed by atoms with E-state index in [1.807, 2.05) is 52.0 Å². The summed E-state index contributed by atoms with van der Waals surface area (Å²) in [6.07, 6.45) is 5.05. The maximum Gasteiger partial charge on any atom is 0.255 e. The van der Waals surface area contributed by atoms with Gasteiger partial charge in [-0.3, -0.25) is 14.5 Å². The molecule has 2 saturated heterocycles. The number of amides is 2. The molecule has 0 saturated carbocycles. The molecule has 2 unspecified atom stereocenters. The molecule has 2 bridgehead atoms. The number of benzene rings is 1. The summed E-state index contributed by atoms with van der Waals surface area (Å²) in [7, 11) is 0. The Kier molecular flexibility index (Phi) is 6.11. The third kappa shape index (κ3) is 4.79. The van der Waals surface area contributed by atoms with Crippen molar-refractivity contribution in [3.63, 3.8) is 0 Å². The van der Waals surface area contributed by atoms with Crippen molar-refractivity contribution in [2.45, 2.75) is 77.4 Å². The summed E-state index contributed by atoms with van der Waals surface area (Å²) in [5, 5.41) is 7.15. The van der Waals surface area contributed by atoms with E-state index in [2.05, 4.69) is 15.5 Å². The molecule has 2 atom stereocenters. The molecule has 2 aromatic rings. The Bertz CT molecular complexity index is 945. The first-order valence-electron chi connectivity index (χ1n) is 11.6. The van der Waals surface area contributed by atoms with E-state index in [1.165, 1.54) is 0 Å². The summed E-state index contributed by atoms with van der Waals surface area (Å²) in [5.74, 6) is 1.27. The van der Waals surface area contributed by atoms with Gasteiger partial charge >= 0.3 is 0 Å². The van der Waals surface area contributed by atoms with Gasteiger partial charge in [0.25, 0.3) is 5.91 Å². The maximum atomic E-state index is 13.0. The van der Waals surface area contributed by atoms with E-state index in [-0.39, 0.29) is 17.4 Å². The largest absolute Gasteiger partial charge is 0.460 e. The lowest BCUT2D eigenvalue weighted by Crippen LogP contribution is -2.52. The van der Waals surface area contributed by atoms with Gasteiger partial charge in [0.2, 0.25) is 5.91 Å². The number of para-hydroxylation sites is 1. The minimum Gasteiger partial charge on any atom is -0.460 e. The average molecular weight is 426 g/mol. The van der Waals surface area contributed by atoms with E-state index in [1.54, 1.807) is 0 Å². The van der Waals surface area contributed by atoms with Crippen molar-refractivity contribution in [3.8, 4) is 0 Å². The maximum absolute atomic E-state index is 13.0. The molecular formula is C25H35N3O3. The van der Waals surface area contributed by atoms with Crippen LogP contribution >= 0.6 is 0 Å². The molecule has 168 valence electrons. The molecule has 2 fully saturated rings. The highest BCUT2D eigenvalue weighted by molar-refractivity contribution is 6.07. The number of aryl methyl sites for hydroxylation is 1. The molecule has 0 aliphatic carbocycles. The normalized spacial score (nSPS) is 23.8. The lowest BCUT2D eigenvalue weighted by molar-refractivity contribution is -0.125. The van der Waals surface area contributed by atoms with Crippen LogP contribution in [0.25, 0.3) is 11.0 Å². The van der Waals surface area contributed by atoms with Gasteiger partial charge in [-0.15, -0.1) is 0 Å². The standard InChI is InChI=1S/C25H35N3O3/c1-5-20-23(19-8-6-7-9-21(19)31-20)24(30)26-14-16-12-17-10-11-18(13-16)28(17)15-22(29)27-25(2,3)4/h6-9,16-18H,5,10-15H2,1-4H3,(H,26,30)(H,27,29).